The average molecular weight is 293 g/mol. The number of ether oxygens (including phenoxy) is 1. The maximum Gasteiger partial charge on any atom is 0.410 e. The Balaban J connectivity index is 1.62. The van der Waals surface area contributed by atoms with E-state index in [1.807, 2.05) is 11.7 Å². The molecule has 0 aromatic carbocycles. The standard InChI is InChI=1S/C14H23N5O2/c1-3-19-12(15-11-16-19)9-18-7-4-5-14(6-8-18)10-17(2)13(20)21-14/h11H,3-10H2,1-2H3. The van der Waals surface area contributed by atoms with Gasteiger partial charge in [0.2, 0.25) is 0 Å². The van der Waals surface area contributed by atoms with E-state index in [0.717, 1.165) is 51.3 Å². The molecule has 116 valence electrons. The molecule has 1 aromatic rings. The van der Waals surface area contributed by atoms with Crippen LogP contribution >= 0.6 is 0 Å². The van der Waals surface area contributed by atoms with Crippen LogP contribution in [0, 0.1) is 0 Å². The van der Waals surface area contributed by atoms with Crippen molar-refractivity contribution in [3.63, 3.8) is 0 Å². The number of hydrogen-bond acceptors (Lipinski definition) is 5. The van der Waals surface area contributed by atoms with E-state index in [0.29, 0.717) is 6.54 Å². The van der Waals surface area contributed by atoms with E-state index >= 15 is 0 Å². The van der Waals surface area contributed by atoms with Gasteiger partial charge in [-0.25, -0.2) is 14.5 Å². The molecule has 1 unspecified atom stereocenters. The maximum absolute atomic E-state index is 11.6. The Labute approximate surface area is 124 Å². The van der Waals surface area contributed by atoms with Crippen LogP contribution in [-0.4, -0.2) is 62.9 Å². The van der Waals surface area contributed by atoms with Gasteiger partial charge in [-0.15, -0.1) is 0 Å². The first-order chi connectivity index (χ1) is 10.1. The first-order valence-electron chi connectivity index (χ1n) is 7.65. The Hall–Kier alpha value is -1.63. The molecule has 21 heavy (non-hydrogen) atoms. The second-order valence-corrected chi connectivity index (χ2v) is 6.03. The van der Waals surface area contributed by atoms with Gasteiger partial charge >= 0.3 is 6.09 Å². The summed E-state index contributed by atoms with van der Waals surface area (Å²) in [4.78, 5) is 20.1. The van der Waals surface area contributed by atoms with Crippen molar-refractivity contribution in [2.24, 2.45) is 0 Å². The van der Waals surface area contributed by atoms with Gasteiger partial charge in [0.05, 0.1) is 13.1 Å². The predicted octanol–water partition coefficient (Wildman–Crippen LogP) is 1.10. The van der Waals surface area contributed by atoms with Crippen LogP contribution in [-0.2, 0) is 17.8 Å². The molecule has 7 nitrogen and oxygen atoms in total. The molecule has 0 saturated carbocycles. The largest absolute Gasteiger partial charge is 0.441 e. The van der Waals surface area contributed by atoms with Crippen LogP contribution in [0.3, 0.4) is 0 Å². The van der Waals surface area contributed by atoms with Gasteiger partial charge in [0.15, 0.2) is 0 Å². The molecule has 1 spiro atoms. The third-order valence-electron chi connectivity index (χ3n) is 4.49. The molecular formula is C14H23N5O2. The molecule has 3 heterocycles. The van der Waals surface area contributed by atoms with Crippen molar-refractivity contribution >= 4 is 6.09 Å². The Morgan fingerprint density at radius 2 is 2.24 bits per heavy atom. The van der Waals surface area contributed by atoms with Crippen molar-refractivity contribution in [2.75, 3.05) is 26.7 Å². The Morgan fingerprint density at radius 3 is 2.95 bits per heavy atom. The van der Waals surface area contributed by atoms with Crippen molar-refractivity contribution in [3.8, 4) is 0 Å². The molecular weight excluding hydrogens is 270 g/mol. The highest BCUT2D eigenvalue weighted by Crippen LogP contribution is 2.32. The molecule has 7 heteroatoms. The lowest BCUT2D eigenvalue weighted by Gasteiger charge is -2.25. The molecule has 2 aliphatic rings. The Kier molecular flexibility index (Phi) is 3.84. The summed E-state index contributed by atoms with van der Waals surface area (Å²) in [5.41, 5.74) is -0.279. The van der Waals surface area contributed by atoms with Gasteiger partial charge in [-0.3, -0.25) is 4.90 Å². The van der Waals surface area contributed by atoms with Crippen molar-refractivity contribution in [2.45, 2.75) is 44.9 Å². The molecule has 2 aliphatic heterocycles. The molecule has 1 atom stereocenters. The van der Waals surface area contributed by atoms with Crippen molar-refractivity contribution in [1.82, 2.24) is 24.6 Å². The van der Waals surface area contributed by atoms with E-state index in [2.05, 4.69) is 21.9 Å². The van der Waals surface area contributed by atoms with E-state index in [-0.39, 0.29) is 11.7 Å². The molecule has 0 aliphatic carbocycles. The summed E-state index contributed by atoms with van der Waals surface area (Å²) >= 11 is 0. The number of aromatic nitrogens is 3. The van der Waals surface area contributed by atoms with Gasteiger partial charge in [0.1, 0.15) is 17.8 Å². The Bertz CT molecular complexity index is 517. The van der Waals surface area contributed by atoms with Crippen LogP contribution in [0.5, 0.6) is 0 Å². The molecule has 2 saturated heterocycles. The number of likely N-dealkylation sites (tertiary alicyclic amines) is 1. The van der Waals surface area contributed by atoms with Crippen molar-refractivity contribution < 1.29 is 9.53 Å². The third kappa shape index (κ3) is 2.88. The molecule has 2 fully saturated rings. The molecule has 3 rings (SSSR count). The number of aryl methyl sites for hydroxylation is 1. The van der Waals surface area contributed by atoms with E-state index in [1.54, 1.807) is 11.2 Å². The maximum atomic E-state index is 11.6. The number of hydrogen-bond donors (Lipinski definition) is 0. The van der Waals surface area contributed by atoms with E-state index in [9.17, 15) is 4.79 Å². The summed E-state index contributed by atoms with van der Waals surface area (Å²) in [6.45, 7) is 6.38. The normalized spacial score (nSPS) is 27.1. The number of rotatable bonds is 3. The Morgan fingerprint density at radius 1 is 1.38 bits per heavy atom. The van der Waals surface area contributed by atoms with Crippen LogP contribution in [0.25, 0.3) is 0 Å². The smallest absolute Gasteiger partial charge is 0.410 e. The molecule has 1 amide bonds. The molecule has 0 radical (unpaired) electrons. The zero-order valence-corrected chi connectivity index (χ0v) is 12.8. The quantitative estimate of drug-likeness (QED) is 0.835. The highest BCUT2D eigenvalue weighted by Gasteiger charge is 2.44. The predicted molar refractivity (Wildman–Crippen MR) is 76.7 cm³/mol. The number of carbonyl (C=O) groups is 1. The SMILES string of the molecule is CCn1ncnc1CN1CCCC2(CC1)CN(C)C(=O)O2. The van der Waals surface area contributed by atoms with Crippen molar-refractivity contribution in [3.05, 3.63) is 12.2 Å². The lowest BCUT2D eigenvalue weighted by molar-refractivity contribution is 0.0442. The summed E-state index contributed by atoms with van der Waals surface area (Å²) in [6.07, 6.45) is 4.31. The monoisotopic (exact) mass is 293 g/mol. The summed E-state index contributed by atoms with van der Waals surface area (Å²) in [5.74, 6) is 1.01. The average Bonchev–Trinajstić information content (AvgIpc) is 2.95. The lowest BCUT2D eigenvalue weighted by Crippen LogP contribution is -2.35. The van der Waals surface area contributed by atoms with Gasteiger partial charge < -0.3 is 9.64 Å². The van der Waals surface area contributed by atoms with Crippen LogP contribution in [0.15, 0.2) is 6.33 Å². The van der Waals surface area contributed by atoms with E-state index in [1.165, 1.54) is 0 Å². The minimum Gasteiger partial charge on any atom is -0.441 e. The van der Waals surface area contributed by atoms with Crippen LogP contribution < -0.4 is 0 Å². The summed E-state index contributed by atoms with van der Waals surface area (Å²) in [5, 5.41) is 4.22. The summed E-state index contributed by atoms with van der Waals surface area (Å²) in [6, 6.07) is 0. The lowest BCUT2D eigenvalue weighted by atomic mass is 9.95. The second kappa shape index (κ2) is 5.63. The van der Waals surface area contributed by atoms with E-state index in [4.69, 9.17) is 4.74 Å². The second-order valence-electron chi connectivity index (χ2n) is 6.03. The molecule has 1 aromatic heterocycles. The number of nitrogens with zero attached hydrogens (tertiary/aromatic N) is 5. The first-order valence-corrected chi connectivity index (χ1v) is 7.65. The van der Waals surface area contributed by atoms with Gasteiger partial charge in [0, 0.05) is 26.6 Å². The number of amides is 1. The topological polar surface area (TPSA) is 63.5 Å². The fourth-order valence-electron chi connectivity index (χ4n) is 3.31. The van der Waals surface area contributed by atoms with Gasteiger partial charge in [-0.1, -0.05) is 0 Å². The molecule has 0 bridgehead atoms. The van der Waals surface area contributed by atoms with E-state index < -0.39 is 0 Å². The third-order valence-corrected chi connectivity index (χ3v) is 4.49. The van der Waals surface area contributed by atoms with Gasteiger partial charge in [0.25, 0.3) is 0 Å². The van der Waals surface area contributed by atoms with Gasteiger partial charge in [-0.05, 0) is 26.3 Å². The minimum atomic E-state index is -0.279. The van der Waals surface area contributed by atoms with Crippen LogP contribution in [0.1, 0.15) is 32.0 Å². The highest BCUT2D eigenvalue weighted by molar-refractivity contribution is 5.70. The van der Waals surface area contributed by atoms with Crippen molar-refractivity contribution in [1.29, 1.82) is 0 Å². The minimum absolute atomic E-state index is 0.186. The number of likely N-dealkylation sites (N-methyl/N-ethyl adjacent to an activating group) is 1. The molecule has 0 N–H and O–H groups in total. The van der Waals surface area contributed by atoms with Crippen LogP contribution in [0.2, 0.25) is 0 Å². The fraction of sp³-hybridized carbons (Fsp3) is 0.786. The van der Waals surface area contributed by atoms with Crippen LogP contribution in [0.4, 0.5) is 4.79 Å². The summed E-state index contributed by atoms with van der Waals surface area (Å²) < 4.78 is 7.57. The van der Waals surface area contributed by atoms with Gasteiger partial charge in [-0.2, -0.15) is 5.10 Å². The zero-order valence-electron chi connectivity index (χ0n) is 12.8. The first kappa shape index (κ1) is 14.3. The summed E-state index contributed by atoms with van der Waals surface area (Å²) in [7, 11) is 1.81. The zero-order chi connectivity index (χ0) is 14.9. The fourth-order valence-corrected chi connectivity index (χ4v) is 3.31. The number of carbonyl (C=O) groups excluding carboxylic acids is 1. The highest BCUT2D eigenvalue weighted by atomic mass is 16.6.